The first-order valence-corrected chi connectivity index (χ1v) is 7.78. The summed E-state index contributed by atoms with van der Waals surface area (Å²) in [6.45, 7) is 6.55. The Labute approximate surface area is 133 Å². The normalized spacial score (nSPS) is 13.3. The van der Waals surface area contributed by atoms with Gasteiger partial charge in [0.25, 0.3) is 0 Å². The fourth-order valence-electron chi connectivity index (χ4n) is 2.04. The number of benzene rings is 2. The van der Waals surface area contributed by atoms with E-state index in [0.29, 0.717) is 5.02 Å². The van der Waals surface area contributed by atoms with Crippen molar-refractivity contribution in [3.8, 4) is 0 Å². The van der Waals surface area contributed by atoms with Gasteiger partial charge in [-0.25, -0.2) is 4.39 Å². The van der Waals surface area contributed by atoms with E-state index in [2.05, 4.69) is 61.0 Å². The van der Waals surface area contributed by atoms with E-state index >= 15 is 0 Å². The fraction of sp³-hybridized carbons (Fsp3) is 0.294. The van der Waals surface area contributed by atoms with Gasteiger partial charge in [-0.05, 0) is 34.2 Å². The molecule has 2 rings (SSSR count). The van der Waals surface area contributed by atoms with Crippen molar-refractivity contribution in [2.45, 2.75) is 31.0 Å². The lowest BCUT2D eigenvalue weighted by Crippen LogP contribution is -2.10. The summed E-state index contributed by atoms with van der Waals surface area (Å²) in [6, 6.07) is 12.9. The van der Waals surface area contributed by atoms with Gasteiger partial charge in [0.1, 0.15) is 5.82 Å². The van der Waals surface area contributed by atoms with Gasteiger partial charge < -0.3 is 0 Å². The molecular weight excluding hydrogens is 339 g/mol. The highest BCUT2D eigenvalue weighted by Gasteiger charge is 2.17. The van der Waals surface area contributed by atoms with Crippen LogP contribution in [0.25, 0.3) is 0 Å². The molecule has 106 valence electrons. The minimum absolute atomic E-state index is 0.0374. The van der Waals surface area contributed by atoms with Crippen LogP contribution >= 0.6 is 27.5 Å². The van der Waals surface area contributed by atoms with Gasteiger partial charge in [0, 0.05) is 5.02 Å². The van der Waals surface area contributed by atoms with Crippen molar-refractivity contribution in [3.05, 3.63) is 70.0 Å². The summed E-state index contributed by atoms with van der Waals surface area (Å²) in [7, 11) is 0. The van der Waals surface area contributed by atoms with E-state index < -0.39 is 0 Å². The first-order valence-electron chi connectivity index (χ1n) is 6.48. The van der Waals surface area contributed by atoms with Crippen molar-refractivity contribution in [1.82, 2.24) is 0 Å². The van der Waals surface area contributed by atoms with E-state index in [1.165, 1.54) is 17.7 Å². The minimum Gasteiger partial charge on any atom is -0.207 e. The molecule has 0 aliphatic rings. The molecule has 3 heteroatoms. The largest absolute Gasteiger partial charge is 0.207 e. The first kappa shape index (κ1) is 15.5. The van der Waals surface area contributed by atoms with Gasteiger partial charge in [-0.2, -0.15) is 0 Å². The zero-order valence-corrected chi connectivity index (χ0v) is 14.1. The van der Waals surface area contributed by atoms with Crippen molar-refractivity contribution in [2.24, 2.45) is 0 Å². The predicted octanol–water partition coefficient (Wildman–Crippen LogP) is 6.26. The lowest BCUT2D eigenvalue weighted by atomic mass is 9.86. The zero-order chi connectivity index (χ0) is 14.9. The molecule has 0 aliphatic carbocycles. The molecule has 2 aromatic carbocycles. The molecule has 0 saturated carbocycles. The van der Waals surface area contributed by atoms with Crippen LogP contribution in [0.5, 0.6) is 0 Å². The Hall–Kier alpha value is -0.860. The molecule has 0 spiro atoms. The number of alkyl halides is 1. The molecule has 0 radical (unpaired) electrons. The lowest BCUT2D eigenvalue weighted by Gasteiger charge is -2.20. The van der Waals surface area contributed by atoms with Crippen LogP contribution < -0.4 is 0 Å². The van der Waals surface area contributed by atoms with Crippen molar-refractivity contribution in [1.29, 1.82) is 0 Å². The second-order valence-corrected chi connectivity index (χ2v) is 7.22. The summed E-state index contributed by atoms with van der Waals surface area (Å²) in [5.41, 5.74) is 3.39. The summed E-state index contributed by atoms with van der Waals surface area (Å²) >= 11 is 9.75. The molecule has 20 heavy (non-hydrogen) atoms. The molecule has 0 bridgehead atoms. The second-order valence-electron chi connectivity index (χ2n) is 5.90. The monoisotopic (exact) mass is 354 g/mol. The van der Waals surface area contributed by atoms with Crippen LogP contribution in [0.15, 0.2) is 42.5 Å². The van der Waals surface area contributed by atoms with Crippen LogP contribution in [0.2, 0.25) is 5.02 Å². The summed E-state index contributed by atoms with van der Waals surface area (Å²) in [4.78, 5) is -0.0374. The highest BCUT2D eigenvalue weighted by Crippen LogP contribution is 2.36. The van der Waals surface area contributed by atoms with E-state index in [0.717, 1.165) is 11.1 Å². The second kappa shape index (κ2) is 5.87. The number of rotatable bonds is 2. The maximum absolute atomic E-state index is 13.1. The minimum atomic E-state index is -0.318. The Kier molecular flexibility index (Phi) is 4.55. The van der Waals surface area contributed by atoms with Crippen LogP contribution in [0.3, 0.4) is 0 Å². The fourth-order valence-corrected chi connectivity index (χ4v) is 3.15. The molecule has 0 N–H and O–H groups in total. The quantitative estimate of drug-likeness (QED) is 0.558. The van der Waals surface area contributed by atoms with Gasteiger partial charge in [-0.1, -0.05) is 78.6 Å². The van der Waals surface area contributed by atoms with Gasteiger partial charge >= 0.3 is 0 Å². The van der Waals surface area contributed by atoms with Crippen molar-refractivity contribution in [3.63, 3.8) is 0 Å². The van der Waals surface area contributed by atoms with Crippen molar-refractivity contribution in [2.75, 3.05) is 0 Å². The van der Waals surface area contributed by atoms with Crippen LogP contribution in [0.4, 0.5) is 4.39 Å². The van der Waals surface area contributed by atoms with E-state index in [-0.39, 0.29) is 16.1 Å². The Morgan fingerprint density at radius 3 is 2.15 bits per heavy atom. The van der Waals surface area contributed by atoms with Crippen molar-refractivity contribution < 1.29 is 4.39 Å². The van der Waals surface area contributed by atoms with Crippen LogP contribution in [-0.2, 0) is 5.41 Å². The van der Waals surface area contributed by atoms with E-state index in [1.807, 2.05) is 0 Å². The predicted molar refractivity (Wildman–Crippen MR) is 87.3 cm³/mol. The van der Waals surface area contributed by atoms with Crippen LogP contribution in [0.1, 0.15) is 42.3 Å². The third-order valence-corrected chi connectivity index (χ3v) is 4.65. The highest BCUT2D eigenvalue weighted by atomic mass is 79.9. The maximum atomic E-state index is 13.1. The SMILES string of the molecule is CC(C)(C)c1ccc(C(Br)c2ccc(F)cc2Cl)cc1. The zero-order valence-electron chi connectivity index (χ0n) is 11.8. The van der Waals surface area contributed by atoms with Gasteiger partial charge in [0.2, 0.25) is 0 Å². The molecule has 0 aliphatic heterocycles. The Balaban J connectivity index is 2.31. The molecule has 0 heterocycles. The molecule has 2 aromatic rings. The van der Waals surface area contributed by atoms with E-state index in [9.17, 15) is 4.39 Å². The smallest absolute Gasteiger partial charge is 0.124 e. The summed E-state index contributed by atoms with van der Waals surface area (Å²) in [6.07, 6.45) is 0. The van der Waals surface area contributed by atoms with Gasteiger partial charge in [-0.15, -0.1) is 0 Å². The van der Waals surface area contributed by atoms with Crippen LogP contribution in [-0.4, -0.2) is 0 Å². The standard InChI is InChI=1S/C17H17BrClF/c1-17(2,3)12-6-4-11(5-7-12)16(18)14-9-8-13(20)10-15(14)19/h4-10,16H,1-3H3. The summed E-state index contributed by atoms with van der Waals surface area (Å²) < 4.78 is 13.1. The van der Waals surface area contributed by atoms with Crippen molar-refractivity contribution >= 4 is 27.5 Å². The number of hydrogen-bond acceptors (Lipinski definition) is 0. The average molecular weight is 356 g/mol. The van der Waals surface area contributed by atoms with Gasteiger partial charge in [0.05, 0.1) is 4.83 Å². The third kappa shape index (κ3) is 3.42. The summed E-state index contributed by atoms with van der Waals surface area (Å²) in [5, 5.41) is 0.437. The van der Waals surface area contributed by atoms with Gasteiger partial charge in [0.15, 0.2) is 0 Å². The molecule has 1 atom stereocenters. The molecule has 1 unspecified atom stereocenters. The Morgan fingerprint density at radius 2 is 1.65 bits per heavy atom. The first-order chi connectivity index (χ1) is 9.29. The van der Waals surface area contributed by atoms with Gasteiger partial charge in [-0.3, -0.25) is 0 Å². The third-order valence-electron chi connectivity index (χ3n) is 3.30. The molecule has 0 saturated heterocycles. The van der Waals surface area contributed by atoms with E-state index in [1.54, 1.807) is 6.07 Å². The topological polar surface area (TPSA) is 0 Å². The molecule has 0 amide bonds. The molecule has 0 aromatic heterocycles. The molecule has 0 fully saturated rings. The summed E-state index contributed by atoms with van der Waals surface area (Å²) in [5.74, 6) is -0.318. The molecule has 0 nitrogen and oxygen atoms in total. The Bertz CT molecular complexity index is 599. The Morgan fingerprint density at radius 1 is 1.05 bits per heavy atom. The number of hydrogen-bond donors (Lipinski definition) is 0. The van der Waals surface area contributed by atoms with E-state index in [4.69, 9.17) is 11.6 Å². The molecular formula is C17H17BrClF. The lowest BCUT2D eigenvalue weighted by molar-refractivity contribution is 0.590. The number of halogens is 3. The average Bonchev–Trinajstić information content (AvgIpc) is 2.37. The van der Waals surface area contributed by atoms with Crippen LogP contribution in [0, 0.1) is 5.82 Å². The maximum Gasteiger partial charge on any atom is 0.124 e. The highest BCUT2D eigenvalue weighted by molar-refractivity contribution is 9.09.